The van der Waals surface area contributed by atoms with Crippen LogP contribution in [0.15, 0.2) is 18.2 Å². The second kappa shape index (κ2) is 7.63. The van der Waals surface area contributed by atoms with Gasteiger partial charge in [-0.1, -0.05) is 56.9 Å². The Morgan fingerprint density at radius 3 is 2.75 bits per heavy atom. The summed E-state index contributed by atoms with van der Waals surface area (Å²) < 4.78 is 1.27. The number of anilines is 1. The fraction of sp³-hybridized carbons (Fsp3) is 0.588. The molecule has 20 heavy (non-hydrogen) atoms. The lowest BCUT2D eigenvalue weighted by Gasteiger charge is -2.04. The second-order valence-corrected chi connectivity index (χ2v) is 7.04. The molecule has 0 amide bonds. The van der Waals surface area contributed by atoms with Gasteiger partial charge in [-0.2, -0.15) is 0 Å². The summed E-state index contributed by atoms with van der Waals surface area (Å²) >= 11 is 1.76. The number of thiazole rings is 1. The molecule has 1 aromatic heterocycles. The van der Waals surface area contributed by atoms with Crippen molar-refractivity contribution in [2.75, 3.05) is 11.9 Å². The molecule has 2 aromatic rings. The molecular formula is C17H26N2S. The molecule has 0 unspecified atom stereocenters. The Morgan fingerprint density at radius 2 is 1.95 bits per heavy atom. The lowest BCUT2D eigenvalue weighted by molar-refractivity contribution is 0.523. The van der Waals surface area contributed by atoms with E-state index in [2.05, 4.69) is 49.3 Å². The molecule has 0 saturated carbocycles. The van der Waals surface area contributed by atoms with Crippen LogP contribution in [0.25, 0.3) is 10.2 Å². The molecule has 0 radical (unpaired) electrons. The molecule has 2 rings (SSSR count). The zero-order chi connectivity index (χ0) is 14.4. The van der Waals surface area contributed by atoms with E-state index in [9.17, 15) is 0 Å². The maximum absolute atomic E-state index is 4.64. The van der Waals surface area contributed by atoms with Crippen molar-refractivity contribution in [3.63, 3.8) is 0 Å². The van der Waals surface area contributed by atoms with Crippen molar-refractivity contribution in [2.45, 2.75) is 52.9 Å². The zero-order valence-corrected chi connectivity index (χ0v) is 13.7. The van der Waals surface area contributed by atoms with Gasteiger partial charge in [0.15, 0.2) is 5.13 Å². The molecule has 1 aromatic carbocycles. The number of nitrogens with one attached hydrogen (secondary N) is 1. The van der Waals surface area contributed by atoms with Gasteiger partial charge in [-0.05, 0) is 37.0 Å². The van der Waals surface area contributed by atoms with Gasteiger partial charge in [0.05, 0.1) is 10.2 Å². The second-order valence-electron chi connectivity index (χ2n) is 6.01. The molecule has 3 heteroatoms. The average Bonchev–Trinajstić information content (AvgIpc) is 2.79. The van der Waals surface area contributed by atoms with E-state index in [1.165, 1.54) is 42.4 Å². The molecule has 1 heterocycles. The standard InChI is InChI=1S/C17H26N2S/c1-13(2)8-6-4-5-7-11-18-17-19-15-12-14(3)9-10-16(15)20-17/h9-10,12-13H,4-8,11H2,1-3H3,(H,18,19). The Morgan fingerprint density at radius 1 is 1.15 bits per heavy atom. The molecule has 2 nitrogen and oxygen atoms in total. The Kier molecular flexibility index (Phi) is 5.84. The van der Waals surface area contributed by atoms with Gasteiger partial charge in [0, 0.05) is 6.54 Å². The van der Waals surface area contributed by atoms with Gasteiger partial charge in [0.1, 0.15) is 0 Å². The number of unbranched alkanes of at least 4 members (excludes halogenated alkanes) is 3. The first-order valence-corrected chi connectivity index (χ1v) is 8.58. The molecule has 0 bridgehead atoms. The Hall–Kier alpha value is -1.09. The predicted octanol–water partition coefficient (Wildman–Crippen LogP) is 5.62. The van der Waals surface area contributed by atoms with E-state index in [1.54, 1.807) is 11.3 Å². The highest BCUT2D eigenvalue weighted by atomic mass is 32.1. The van der Waals surface area contributed by atoms with Gasteiger partial charge in [0.25, 0.3) is 0 Å². The van der Waals surface area contributed by atoms with E-state index in [0.717, 1.165) is 23.1 Å². The predicted molar refractivity (Wildman–Crippen MR) is 90.8 cm³/mol. The van der Waals surface area contributed by atoms with E-state index in [1.807, 2.05) is 0 Å². The summed E-state index contributed by atoms with van der Waals surface area (Å²) in [7, 11) is 0. The Balaban J connectivity index is 1.68. The number of rotatable bonds is 8. The lowest BCUT2D eigenvalue weighted by atomic mass is 10.0. The summed E-state index contributed by atoms with van der Waals surface area (Å²) in [5.41, 5.74) is 2.40. The number of benzene rings is 1. The quantitative estimate of drug-likeness (QED) is 0.638. The third-order valence-corrected chi connectivity index (χ3v) is 4.52. The van der Waals surface area contributed by atoms with Gasteiger partial charge >= 0.3 is 0 Å². The summed E-state index contributed by atoms with van der Waals surface area (Å²) in [6.45, 7) is 7.76. The maximum atomic E-state index is 4.64. The molecule has 0 aliphatic carbocycles. The van der Waals surface area contributed by atoms with Gasteiger partial charge in [-0.15, -0.1) is 0 Å². The highest BCUT2D eigenvalue weighted by molar-refractivity contribution is 7.22. The van der Waals surface area contributed by atoms with Crippen LogP contribution in [0.5, 0.6) is 0 Å². The molecule has 1 N–H and O–H groups in total. The van der Waals surface area contributed by atoms with Crippen LogP contribution < -0.4 is 5.32 Å². The summed E-state index contributed by atoms with van der Waals surface area (Å²) in [6.07, 6.45) is 6.67. The third kappa shape index (κ3) is 4.78. The normalized spacial score (nSPS) is 11.4. The molecule has 0 atom stereocenters. The highest BCUT2D eigenvalue weighted by Crippen LogP contribution is 2.26. The molecule has 0 aliphatic rings. The van der Waals surface area contributed by atoms with Crippen molar-refractivity contribution in [1.82, 2.24) is 4.98 Å². The van der Waals surface area contributed by atoms with Crippen molar-refractivity contribution in [3.05, 3.63) is 23.8 Å². The fourth-order valence-electron chi connectivity index (χ4n) is 2.34. The zero-order valence-electron chi connectivity index (χ0n) is 12.9. The average molecular weight is 290 g/mol. The van der Waals surface area contributed by atoms with E-state index < -0.39 is 0 Å². The Labute approximate surface area is 126 Å². The maximum Gasteiger partial charge on any atom is 0.183 e. The minimum Gasteiger partial charge on any atom is -0.361 e. The number of aromatic nitrogens is 1. The van der Waals surface area contributed by atoms with Crippen LogP contribution in [0.4, 0.5) is 5.13 Å². The Bertz CT molecular complexity index is 531. The summed E-state index contributed by atoms with van der Waals surface area (Å²) in [5.74, 6) is 0.847. The van der Waals surface area contributed by atoms with Crippen LogP contribution in [0.1, 0.15) is 51.5 Å². The van der Waals surface area contributed by atoms with Crippen molar-refractivity contribution < 1.29 is 0 Å². The number of hydrogen-bond acceptors (Lipinski definition) is 3. The van der Waals surface area contributed by atoms with Crippen LogP contribution in [-0.4, -0.2) is 11.5 Å². The summed E-state index contributed by atoms with van der Waals surface area (Å²) in [6, 6.07) is 6.47. The number of nitrogens with zero attached hydrogens (tertiary/aromatic N) is 1. The topological polar surface area (TPSA) is 24.9 Å². The van der Waals surface area contributed by atoms with E-state index in [0.29, 0.717) is 0 Å². The number of fused-ring (bicyclic) bond motifs is 1. The molecule has 0 spiro atoms. The van der Waals surface area contributed by atoms with Crippen molar-refractivity contribution in [1.29, 1.82) is 0 Å². The number of aryl methyl sites for hydroxylation is 1. The largest absolute Gasteiger partial charge is 0.361 e. The van der Waals surface area contributed by atoms with Crippen molar-refractivity contribution in [2.24, 2.45) is 5.92 Å². The van der Waals surface area contributed by atoms with Crippen LogP contribution in [0.3, 0.4) is 0 Å². The minimum atomic E-state index is 0.847. The van der Waals surface area contributed by atoms with Crippen LogP contribution in [0.2, 0.25) is 0 Å². The molecule has 0 aliphatic heterocycles. The van der Waals surface area contributed by atoms with Gasteiger partial charge in [-0.3, -0.25) is 0 Å². The molecule has 0 saturated heterocycles. The van der Waals surface area contributed by atoms with Gasteiger partial charge in [-0.25, -0.2) is 4.98 Å². The SMILES string of the molecule is Cc1ccc2sc(NCCCCCCC(C)C)nc2c1. The molecule has 110 valence electrons. The minimum absolute atomic E-state index is 0.847. The van der Waals surface area contributed by atoms with E-state index in [4.69, 9.17) is 0 Å². The lowest BCUT2D eigenvalue weighted by Crippen LogP contribution is -2.00. The monoisotopic (exact) mass is 290 g/mol. The van der Waals surface area contributed by atoms with Crippen LogP contribution >= 0.6 is 11.3 Å². The third-order valence-electron chi connectivity index (χ3n) is 3.53. The van der Waals surface area contributed by atoms with Crippen molar-refractivity contribution in [3.8, 4) is 0 Å². The summed E-state index contributed by atoms with van der Waals surface area (Å²) in [4.78, 5) is 4.64. The first-order valence-electron chi connectivity index (χ1n) is 7.76. The molecule has 0 fully saturated rings. The number of hydrogen-bond donors (Lipinski definition) is 1. The first kappa shape index (κ1) is 15.3. The fourth-order valence-corrected chi connectivity index (χ4v) is 3.21. The van der Waals surface area contributed by atoms with Crippen LogP contribution in [-0.2, 0) is 0 Å². The smallest absolute Gasteiger partial charge is 0.183 e. The highest BCUT2D eigenvalue weighted by Gasteiger charge is 2.03. The van der Waals surface area contributed by atoms with E-state index in [-0.39, 0.29) is 0 Å². The first-order chi connectivity index (χ1) is 9.65. The van der Waals surface area contributed by atoms with Crippen LogP contribution in [0, 0.1) is 12.8 Å². The van der Waals surface area contributed by atoms with Crippen molar-refractivity contribution >= 4 is 26.7 Å². The van der Waals surface area contributed by atoms with Gasteiger partial charge in [0.2, 0.25) is 0 Å². The van der Waals surface area contributed by atoms with E-state index >= 15 is 0 Å². The van der Waals surface area contributed by atoms with Gasteiger partial charge < -0.3 is 5.32 Å². The molecular weight excluding hydrogens is 264 g/mol. The summed E-state index contributed by atoms with van der Waals surface area (Å²) in [5, 5.41) is 4.52.